The zero-order chi connectivity index (χ0) is 11.4. The topological polar surface area (TPSA) is 38.0 Å². The van der Waals surface area contributed by atoms with E-state index in [-0.39, 0.29) is 5.54 Å². The Labute approximate surface area is 102 Å². The molecule has 0 spiro atoms. The number of para-hydroxylation sites is 1. The Morgan fingerprint density at radius 2 is 1.88 bits per heavy atom. The van der Waals surface area contributed by atoms with E-state index in [0.29, 0.717) is 6.54 Å². The number of halogens is 1. The highest BCUT2D eigenvalue weighted by molar-refractivity contribution is 6.33. The lowest BCUT2D eigenvalue weighted by Gasteiger charge is -2.38. The first-order chi connectivity index (χ1) is 7.76. The van der Waals surface area contributed by atoms with Gasteiger partial charge in [0, 0.05) is 12.1 Å². The van der Waals surface area contributed by atoms with Gasteiger partial charge in [0.05, 0.1) is 10.7 Å². The van der Waals surface area contributed by atoms with Gasteiger partial charge >= 0.3 is 0 Å². The van der Waals surface area contributed by atoms with Crippen molar-refractivity contribution < 1.29 is 0 Å². The summed E-state index contributed by atoms with van der Waals surface area (Å²) < 4.78 is 0. The molecular formula is C13H19ClN2. The minimum Gasteiger partial charge on any atom is -0.377 e. The Bertz CT molecular complexity index is 346. The molecule has 0 amide bonds. The summed E-state index contributed by atoms with van der Waals surface area (Å²) in [5.74, 6) is 0. The summed E-state index contributed by atoms with van der Waals surface area (Å²) in [7, 11) is 0. The Kier molecular flexibility index (Phi) is 3.72. The van der Waals surface area contributed by atoms with Crippen molar-refractivity contribution in [2.24, 2.45) is 5.73 Å². The Balaban J connectivity index is 2.15. The summed E-state index contributed by atoms with van der Waals surface area (Å²) in [5, 5.41) is 4.33. The number of nitrogens with one attached hydrogen (secondary N) is 1. The Hall–Kier alpha value is -0.730. The molecule has 1 aliphatic rings. The van der Waals surface area contributed by atoms with Crippen molar-refractivity contribution in [3.05, 3.63) is 29.3 Å². The minimum absolute atomic E-state index is 0.0588. The summed E-state index contributed by atoms with van der Waals surface area (Å²) in [6.45, 7) is 0.679. The predicted octanol–water partition coefficient (Wildman–Crippen LogP) is 3.41. The summed E-state index contributed by atoms with van der Waals surface area (Å²) in [5.41, 5.74) is 7.00. The van der Waals surface area contributed by atoms with Gasteiger partial charge < -0.3 is 11.1 Å². The van der Waals surface area contributed by atoms with E-state index in [4.69, 9.17) is 17.3 Å². The first-order valence-corrected chi connectivity index (χ1v) is 6.36. The summed E-state index contributed by atoms with van der Waals surface area (Å²) in [4.78, 5) is 0. The molecule has 2 rings (SSSR count). The van der Waals surface area contributed by atoms with Crippen LogP contribution in [0.25, 0.3) is 0 Å². The van der Waals surface area contributed by atoms with Crippen LogP contribution in [0, 0.1) is 0 Å². The molecule has 1 saturated carbocycles. The SMILES string of the molecule is NCC1(Nc2ccccc2Cl)CCCCC1. The molecule has 0 radical (unpaired) electrons. The standard InChI is InChI=1S/C13H19ClN2/c14-11-6-2-3-7-12(11)16-13(10-15)8-4-1-5-9-13/h2-3,6-7,16H,1,4-5,8-10,15H2. The van der Waals surface area contributed by atoms with Crippen molar-refractivity contribution in [3.8, 4) is 0 Å². The molecular weight excluding hydrogens is 220 g/mol. The van der Waals surface area contributed by atoms with Crippen LogP contribution in [0.1, 0.15) is 32.1 Å². The van der Waals surface area contributed by atoms with Crippen LogP contribution >= 0.6 is 11.6 Å². The molecule has 1 aromatic rings. The zero-order valence-electron chi connectivity index (χ0n) is 9.51. The van der Waals surface area contributed by atoms with Gasteiger partial charge in [0.25, 0.3) is 0 Å². The largest absolute Gasteiger partial charge is 0.377 e. The fourth-order valence-electron chi connectivity index (χ4n) is 2.46. The highest BCUT2D eigenvalue weighted by Crippen LogP contribution is 2.33. The van der Waals surface area contributed by atoms with E-state index in [9.17, 15) is 0 Å². The lowest BCUT2D eigenvalue weighted by Crippen LogP contribution is -2.47. The van der Waals surface area contributed by atoms with Crippen LogP contribution in [-0.2, 0) is 0 Å². The van der Waals surface area contributed by atoms with Gasteiger partial charge in [0.2, 0.25) is 0 Å². The van der Waals surface area contributed by atoms with Gasteiger partial charge in [-0.2, -0.15) is 0 Å². The average molecular weight is 239 g/mol. The van der Waals surface area contributed by atoms with Crippen molar-refractivity contribution in [3.63, 3.8) is 0 Å². The van der Waals surface area contributed by atoms with Crippen LogP contribution in [0.5, 0.6) is 0 Å². The molecule has 1 aromatic carbocycles. The van der Waals surface area contributed by atoms with Crippen LogP contribution in [0.3, 0.4) is 0 Å². The summed E-state index contributed by atoms with van der Waals surface area (Å²) in [6, 6.07) is 7.88. The molecule has 0 heterocycles. The van der Waals surface area contributed by atoms with Gasteiger partial charge in [0.15, 0.2) is 0 Å². The highest BCUT2D eigenvalue weighted by atomic mass is 35.5. The third-order valence-electron chi connectivity index (χ3n) is 3.48. The fourth-order valence-corrected chi connectivity index (χ4v) is 2.64. The molecule has 0 bridgehead atoms. The number of hydrogen-bond acceptors (Lipinski definition) is 2. The van der Waals surface area contributed by atoms with Gasteiger partial charge in [-0.25, -0.2) is 0 Å². The molecule has 88 valence electrons. The lowest BCUT2D eigenvalue weighted by atomic mass is 9.81. The van der Waals surface area contributed by atoms with Gasteiger partial charge in [-0.15, -0.1) is 0 Å². The molecule has 1 aliphatic carbocycles. The van der Waals surface area contributed by atoms with E-state index in [1.165, 1.54) is 19.3 Å². The van der Waals surface area contributed by atoms with Crippen molar-refractivity contribution in [2.75, 3.05) is 11.9 Å². The molecule has 16 heavy (non-hydrogen) atoms. The van der Waals surface area contributed by atoms with Gasteiger partial charge in [0.1, 0.15) is 0 Å². The van der Waals surface area contributed by atoms with Crippen LogP contribution in [0.4, 0.5) is 5.69 Å². The normalized spacial score (nSPS) is 19.4. The average Bonchev–Trinajstić information content (AvgIpc) is 2.33. The van der Waals surface area contributed by atoms with E-state index in [1.54, 1.807) is 0 Å². The first kappa shape index (κ1) is 11.7. The van der Waals surface area contributed by atoms with Crippen LogP contribution in [0.15, 0.2) is 24.3 Å². The smallest absolute Gasteiger partial charge is 0.0637 e. The van der Waals surface area contributed by atoms with Crippen molar-refractivity contribution >= 4 is 17.3 Å². The molecule has 2 nitrogen and oxygen atoms in total. The van der Waals surface area contributed by atoms with Gasteiger partial charge in [-0.1, -0.05) is 43.0 Å². The van der Waals surface area contributed by atoms with E-state index >= 15 is 0 Å². The predicted molar refractivity (Wildman–Crippen MR) is 69.9 cm³/mol. The number of benzene rings is 1. The summed E-state index contributed by atoms with van der Waals surface area (Å²) in [6.07, 6.45) is 6.14. The van der Waals surface area contributed by atoms with Crippen molar-refractivity contribution in [1.82, 2.24) is 0 Å². The van der Waals surface area contributed by atoms with Crippen LogP contribution in [-0.4, -0.2) is 12.1 Å². The van der Waals surface area contributed by atoms with E-state index in [1.807, 2.05) is 24.3 Å². The maximum atomic E-state index is 6.16. The van der Waals surface area contributed by atoms with Gasteiger partial charge in [-0.05, 0) is 25.0 Å². The van der Waals surface area contributed by atoms with Gasteiger partial charge in [-0.3, -0.25) is 0 Å². The summed E-state index contributed by atoms with van der Waals surface area (Å²) >= 11 is 6.16. The van der Waals surface area contributed by atoms with Crippen LogP contribution < -0.4 is 11.1 Å². The quantitative estimate of drug-likeness (QED) is 0.847. The highest BCUT2D eigenvalue weighted by Gasteiger charge is 2.30. The second kappa shape index (κ2) is 5.07. The number of anilines is 1. The third kappa shape index (κ3) is 2.50. The van der Waals surface area contributed by atoms with Crippen LogP contribution in [0.2, 0.25) is 5.02 Å². The van der Waals surface area contributed by atoms with Crippen molar-refractivity contribution in [2.45, 2.75) is 37.6 Å². The zero-order valence-corrected chi connectivity index (χ0v) is 10.3. The van der Waals surface area contributed by atoms with Crippen molar-refractivity contribution in [1.29, 1.82) is 0 Å². The molecule has 3 heteroatoms. The molecule has 1 fully saturated rings. The van der Waals surface area contributed by atoms with E-state index < -0.39 is 0 Å². The maximum Gasteiger partial charge on any atom is 0.0637 e. The van der Waals surface area contributed by atoms with E-state index in [2.05, 4.69) is 5.32 Å². The molecule has 0 saturated heterocycles. The number of rotatable bonds is 3. The maximum absolute atomic E-state index is 6.16. The number of nitrogens with two attached hydrogens (primary N) is 1. The molecule has 0 unspecified atom stereocenters. The molecule has 0 aliphatic heterocycles. The first-order valence-electron chi connectivity index (χ1n) is 5.99. The monoisotopic (exact) mass is 238 g/mol. The molecule has 0 aromatic heterocycles. The lowest BCUT2D eigenvalue weighted by molar-refractivity contribution is 0.331. The molecule has 3 N–H and O–H groups in total. The fraction of sp³-hybridized carbons (Fsp3) is 0.538. The van der Waals surface area contributed by atoms with E-state index in [0.717, 1.165) is 23.6 Å². The Morgan fingerprint density at radius 3 is 2.50 bits per heavy atom. The second-order valence-electron chi connectivity index (χ2n) is 4.65. The number of hydrogen-bond donors (Lipinski definition) is 2. The third-order valence-corrected chi connectivity index (χ3v) is 3.80. The molecule has 0 atom stereocenters. The second-order valence-corrected chi connectivity index (χ2v) is 5.06. The minimum atomic E-state index is 0.0588. The Morgan fingerprint density at radius 1 is 1.19 bits per heavy atom.